The summed E-state index contributed by atoms with van der Waals surface area (Å²) in [5, 5.41) is 6.66. The Morgan fingerprint density at radius 3 is 2.48 bits per heavy atom. The van der Waals surface area contributed by atoms with E-state index in [0.717, 1.165) is 49.8 Å². The van der Waals surface area contributed by atoms with Crippen LogP contribution in [0.15, 0.2) is 41.7 Å². The van der Waals surface area contributed by atoms with E-state index in [4.69, 9.17) is 0 Å². The lowest BCUT2D eigenvalue weighted by Crippen LogP contribution is -2.37. The highest BCUT2D eigenvalue weighted by atomic mass is 127. The molecule has 0 saturated heterocycles. The van der Waals surface area contributed by atoms with E-state index in [1.54, 1.807) is 19.0 Å². The Hall–Kier alpha value is -2.10. The smallest absolute Gasteiger partial charge is 0.253 e. The quantitative estimate of drug-likeness (QED) is 0.235. The van der Waals surface area contributed by atoms with Gasteiger partial charge in [0, 0.05) is 51.7 Å². The number of nitrogens with zero attached hydrogens (tertiary/aromatic N) is 4. The van der Waals surface area contributed by atoms with Crippen molar-refractivity contribution in [2.75, 3.05) is 27.2 Å². The molecule has 0 spiro atoms. The fourth-order valence-electron chi connectivity index (χ4n) is 2.78. The number of halogens is 1. The number of nitrogens with one attached hydrogen (secondary N) is 2. The molecule has 0 aliphatic carbocycles. The molecule has 0 unspecified atom stereocenters. The van der Waals surface area contributed by atoms with E-state index < -0.39 is 0 Å². The predicted molar refractivity (Wildman–Crippen MR) is 129 cm³/mol. The SMILES string of the molecule is CCNC(=NCc1ccc(C(=O)N(C)C)cc1)NCCCCn1ccnc1C.I. The predicted octanol–water partition coefficient (Wildman–Crippen LogP) is 3.05. The van der Waals surface area contributed by atoms with Crippen LogP contribution in [0.1, 0.15) is 41.5 Å². The summed E-state index contributed by atoms with van der Waals surface area (Å²) < 4.78 is 2.17. The molecule has 7 nitrogen and oxygen atoms in total. The van der Waals surface area contributed by atoms with Crippen LogP contribution in [0.25, 0.3) is 0 Å². The lowest BCUT2D eigenvalue weighted by Gasteiger charge is -2.12. The fraction of sp³-hybridized carbons (Fsp3) is 0.476. The normalized spacial score (nSPS) is 11.0. The molecule has 0 atom stereocenters. The number of carbonyl (C=O) groups excluding carboxylic acids is 1. The molecule has 1 heterocycles. The molecule has 1 amide bonds. The van der Waals surface area contributed by atoms with Crippen molar-refractivity contribution in [2.24, 2.45) is 4.99 Å². The number of carbonyl (C=O) groups is 1. The molecule has 0 bridgehead atoms. The molecule has 0 fully saturated rings. The third kappa shape index (κ3) is 8.43. The number of guanidine groups is 1. The van der Waals surface area contributed by atoms with Crippen LogP contribution in [0.4, 0.5) is 0 Å². The van der Waals surface area contributed by atoms with Gasteiger partial charge in [0.25, 0.3) is 5.91 Å². The van der Waals surface area contributed by atoms with Gasteiger partial charge in [0.2, 0.25) is 0 Å². The van der Waals surface area contributed by atoms with Crippen molar-refractivity contribution in [3.8, 4) is 0 Å². The molecule has 0 radical (unpaired) electrons. The first kappa shape index (κ1) is 24.9. The summed E-state index contributed by atoms with van der Waals surface area (Å²) in [4.78, 5) is 22.4. The minimum Gasteiger partial charge on any atom is -0.357 e. The van der Waals surface area contributed by atoms with Crippen LogP contribution in [0.5, 0.6) is 0 Å². The number of aliphatic imine (C=N–C) groups is 1. The number of unbranched alkanes of at least 4 members (excludes halogenated alkanes) is 1. The summed E-state index contributed by atoms with van der Waals surface area (Å²) in [5.41, 5.74) is 1.76. The van der Waals surface area contributed by atoms with Gasteiger partial charge in [-0.25, -0.2) is 9.98 Å². The molecular formula is C21H33IN6O. The second kappa shape index (κ2) is 13.2. The van der Waals surface area contributed by atoms with Crippen molar-refractivity contribution in [3.05, 3.63) is 53.6 Å². The number of rotatable bonds is 9. The Kier molecular flexibility index (Phi) is 11.3. The largest absolute Gasteiger partial charge is 0.357 e. The Balaban J connectivity index is 0.00000420. The third-order valence-corrected chi connectivity index (χ3v) is 4.41. The fourth-order valence-corrected chi connectivity index (χ4v) is 2.78. The molecular weight excluding hydrogens is 479 g/mol. The first-order valence-corrected chi connectivity index (χ1v) is 9.81. The third-order valence-electron chi connectivity index (χ3n) is 4.41. The number of imidazole rings is 1. The lowest BCUT2D eigenvalue weighted by molar-refractivity contribution is 0.0827. The zero-order valence-electron chi connectivity index (χ0n) is 17.8. The van der Waals surface area contributed by atoms with Crippen molar-refractivity contribution in [1.29, 1.82) is 0 Å². The van der Waals surface area contributed by atoms with E-state index >= 15 is 0 Å². The van der Waals surface area contributed by atoms with Gasteiger partial charge in [-0.3, -0.25) is 4.79 Å². The van der Waals surface area contributed by atoms with Crippen LogP contribution < -0.4 is 10.6 Å². The molecule has 1 aromatic carbocycles. The first-order chi connectivity index (χ1) is 13.5. The molecule has 2 aromatic rings. The molecule has 8 heteroatoms. The summed E-state index contributed by atoms with van der Waals surface area (Å²) in [6, 6.07) is 7.62. The summed E-state index contributed by atoms with van der Waals surface area (Å²) in [5.74, 6) is 1.88. The zero-order valence-corrected chi connectivity index (χ0v) is 20.1. The van der Waals surface area contributed by atoms with E-state index in [-0.39, 0.29) is 29.9 Å². The Labute approximate surface area is 191 Å². The number of amides is 1. The van der Waals surface area contributed by atoms with E-state index in [1.807, 2.05) is 43.6 Å². The second-order valence-electron chi connectivity index (χ2n) is 6.89. The zero-order chi connectivity index (χ0) is 20.4. The summed E-state index contributed by atoms with van der Waals surface area (Å²) in [6.07, 6.45) is 6.01. The number of hydrogen-bond donors (Lipinski definition) is 2. The van der Waals surface area contributed by atoms with Gasteiger partial charge >= 0.3 is 0 Å². The van der Waals surface area contributed by atoms with E-state index in [2.05, 4.69) is 32.1 Å². The topological polar surface area (TPSA) is 74.6 Å². The highest BCUT2D eigenvalue weighted by Gasteiger charge is 2.07. The van der Waals surface area contributed by atoms with E-state index in [9.17, 15) is 4.79 Å². The van der Waals surface area contributed by atoms with Crippen LogP contribution in [0.3, 0.4) is 0 Å². The Morgan fingerprint density at radius 2 is 1.90 bits per heavy atom. The average molecular weight is 512 g/mol. The van der Waals surface area contributed by atoms with Crippen molar-refractivity contribution in [1.82, 2.24) is 25.1 Å². The van der Waals surface area contributed by atoms with Gasteiger partial charge in [0.1, 0.15) is 5.82 Å². The highest BCUT2D eigenvalue weighted by molar-refractivity contribution is 14.0. The van der Waals surface area contributed by atoms with Gasteiger partial charge in [-0.1, -0.05) is 12.1 Å². The maximum Gasteiger partial charge on any atom is 0.253 e. The van der Waals surface area contributed by atoms with Gasteiger partial charge in [-0.15, -0.1) is 24.0 Å². The minimum atomic E-state index is 0. The second-order valence-corrected chi connectivity index (χ2v) is 6.89. The van der Waals surface area contributed by atoms with E-state index in [0.29, 0.717) is 12.1 Å². The molecule has 2 N–H and O–H groups in total. The first-order valence-electron chi connectivity index (χ1n) is 9.81. The number of hydrogen-bond acceptors (Lipinski definition) is 3. The van der Waals surface area contributed by atoms with Gasteiger partial charge in [0.15, 0.2) is 5.96 Å². The van der Waals surface area contributed by atoms with Crippen LogP contribution in [-0.2, 0) is 13.1 Å². The van der Waals surface area contributed by atoms with Crippen LogP contribution >= 0.6 is 24.0 Å². The molecule has 0 aliphatic rings. The molecule has 160 valence electrons. The van der Waals surface area contributed by atoms with E-state index in [1.165, 1.54) is 0 Å². The summed E-state index contributed by atoms with van der Waals surface area (Å²) in [6.45, 7) is 7.32. The number of aromatic nitrogens is 2. The van der Waals surface area contributed by atoms with Crippen LogP contribution in [-0.4, -0.2) is 53.5 Å². The standard InChI is InChI=1S/C21H32N6O.HI/c1-5-22-21(24-12-6-7-14-27-15-13-23-17(27)2)25-16-18-8-10-19(11-9-18)20(28)26(3)4;/h8-11,13,15H,5-7,12,14,16H2,1-4H3,(H2,22,24,25);1H. The van der Waals surface area contributed by atoms with Crippen LogP contribution in [0.2, 0.25) is 0 Å². The van der Waals surface area contributed by atoms with Crippen molar-refractivity contribution in [3.63, 3.8) is 0 Å². The van der Waals surface area contributed by atoms with Gasteiger partial charge < -0.3 is 20.1 Å². The van der Waals surface area contributed by atoms with Crippen molar-refractivity contribution >= 4 is 35.8 Å². The molecule has 0 saturated carbocycles. The minimum absolute atomic E-state index is 0. The molecule has 2 rings (SSSR count). The lowest BCUT2D eigenvalue weighted by atomic mass is 10.1. The number of benzene rings is 1. The van der Waals surface area contributed by atoms with Crippen LogP contribution in [0, 0.1) is 6.92 Å². The molecule has 1 aromatic heterocycles. The van der Waals surface area contributed by atoms with Gasteiger partial charge in [-0.2, -0.15) is 0 Å². The number of aryl methyl sites for hydroxylation is 2. The van der Waals surface area contributed by atoms with Gasteiger partial charge in [-0.05, 0) is 44.4 Å². The molecule has 29 heavy (non-hydrogen) atoms. The van der Waals surface area contributed by atoms with Crippen molar-refractivity contribution in [2.45, 2.75) is 39.8 Å². The average Bonchev–Trinajstić information content (AvgIpc) is 3.10. The maximum absolute atomic E-state index is 11.9. The Bertz CT molecular complexity index is 770. The van der Waals surface area contributed by atoms with Crippen molar-refractivity contribution < 1.29 is 4.79 Å². The summed E-state index contributed by atoms with van der Waals surface area (Å²) >= 11 is 0. The summed E-state index contributed by atoms with van der Waals surface area (Å²) in [7, 11) is 3.51. The van der Waals surface area contributed by atoms with Gasteiger partial charge in [0.05, 0.1) is 6.54 Å². The maximum atomic E-state index is 11.9. The highest BCUT2D eigenvalue weighted by Crippen LogP contribution is 2.07. The Morgan fingerprint density at radius 1 is 1.17 bits per heavy atom. The molecule has 0 aliphatic heterocycles. The monoisotopic (exact) mass is 512 g/mol.